The van der Waals surface area contributed by atoms with E-state index in [-0.39, 0.29) is 5.69 Å². The van der Waals surface area contributed by atoms with E-state index in [1.54, 1.807) is 12.1 Å². The minimum absolute atomic E-state index is 0.209. The molecule has 150 valence electrons. The molecule has 7 nitrogen and oxygen atoms in total. The molecule has 0 atom stereocenters. The molecule has 1 aliphatic rings. The molecule has 0 aliphatic heterocycles. The van der Waals surface area contributed by atoms with Crippen LogP contribution in [0.5, 0.6) is 5.75 Å². The molecule has 27 heavy (non-hydrogen) atoms. The first-order chi connectivity index (χ1) is 12.8. The zero-order valence-corrected chi connectivity index (χ0v) is 17.3. The summed E-state index contributed by atoms with van der Waals surface area (Å²) in [7, 11) is -2.31. The number of ether oxygens (including phenoxy) is 1. The van der Waals surface area contributed by atoms with Gasteiger partial charge in [0.15, 0.2) is 0 Å². The lowest BCUT2D eigenvalue weighted by atomic mass is 9.99. The molecule has 0 radical (unpaired) electrons. The van der Waals surface area contributed by atoms with Gasteiger partial charge in [-0.05, 0) is 43.9 Å². The summed E-state index contributed by atoms with van der Waals surface area (Å²) in [4.78, 5) is 12.4. The van der Waals surface area contributed by atoms with Gasteiger partial charge in [0.1, 0.15) is 12.3 Å². The highest BCUT2D eigenvalue weighted by molar-refractivity contribution is 7.92. The van der Waals surface area contributed by atoms with Crippen molar-refractivity contribution in [3.05, 3.63) is 23.2 Å². The van der Waals surface area contributed by atoms with Crippen LogP contribution in [-0.2, 0) is 14.8 Å². The van der Waals surface area contributed by atoms with Crippen molar-refractivity contribution in [2.45, 2.75) is 44.9 Å². The Hall–Kier alpha value is -1.80. The minimum Gasteiger partial charge on any atom is -0.495 e. The Balaban J connectivity index is 2.15. The summed E-state index contributed by atoms with van der Waals surface area (Å²) in [5.74, 6) is -0.207. The average Bonchev–Trinajstić information content (AvgIpc) is 2.57. The number of anilines is 1. The van der Waals surface area contributed by atoms with Gasteiger partial charge in [0.2, 0.25) is 10.0 Å². The van der Waals surface area contributed by atoms with E-state index in [2.05, 4.69) is 10.5 Å². The highest BCUT2D eigenvalue weighted by Crippen LogP contribution is 2.32. The van der Waals surface area contributed by atoms with Crippen molar-refractivity contribution in [1.29, 1.82) is 0 Å². The SMILES string of the molecule is COc1ccc(Cl)cc1N(CC(=O)NN=C1CCCCCCC1)S(C)(=O)=O. The van der Waals surface area contributed by atoms with Crippen LogP contribution in [0, 0.1) is 0 Å². The lowest BCUT2D eigenvalue weighted by molar-refractivity contribution is -0.119. The first-order valence-corrected chi connectivity index (χ1v) is 11.2. The third kappa shape index (κ3) is 6.70. The van der Waals surface area contributed by atoms with Crippen molar-refractivity contribution in [2.24, 2.45) is 5.10 Å². The highest BCUT2D eigenvalue weighted by atomic mass is 35.5. The summed E-state index contributed by atoms with van der Waals surface area (Å²) >= 11 is 6.00. The maximum Gasteiger partial charge on any atom is 0.260 e. The fourth-order valence-corrected chi connectivity index (χ4v) is 3.99. The number of hydrogen-bond acceptors (Lipinski definition) is 5. The molecular weight excluding hydrogens is 390 g/mol. The predicted octanol–water partition coefficient (Wildman–Crippen LogP) is 3.33. The molecule has 0 aromatic heterocycles. The first-order valence-electron chi connectivity index (χ1n) is 8.97. The molecule has 0 heterocycles. The number of rotatable bonds is 6. The molecule has 1 aromatic rings. The van der Waals surface area contributed by atoms with Crippen LogP contribution < -0.4 is 14.5 Å². The van der Waals surface area contributed by atoms with Gasteiger partial charge in [-0.15, -0.1) is 0 Å². The second-order valence-electron chi connectivity index (χ2n) is 6.57. The summed E-state index contributed by atoms with van der Waals surface area (Å²) in [5.41, 5.74) is 3.66. The van der Waals surface area contributed by atoms with E-state index in [0.29, 0.717) is 10.8 Å². The summed E-state index contributed by atoms with van der Waals surface area (Å²) < 4.78 is 30.7. The van der Waals surface area contributed by atoms with E-state index < -0.39 is 22.5 Å². The number of amides is 1. The van der Waals surface area contributed by atoms with Crippen LogP contribution in [0.3, 0.4) is 0 Å². The van der Waals surface area contributed by atoms with Gasteiger partial charge in [-0.1, -0.05) is 30.9 Å². The van der Waals surface area contributed by atoms with Gasteiger partial charge >= 0.3 is 0 Å². The Kier molecular flexibility index (Phi) is 7.91. The van der Waals surface area contributed by atoms with Gasteiger partial charge in [-0.2, -0.15) is 5.10 Å². The Morgan fingerprint density at radius 2 is 1.85 bits per heavy atom. The second-order valence-corrected chi connectivity index (χ2v) is 8.91. The molecule has 1 aliphatic carbocycles. The molecule has 1 aromatic carbocycles. The molecule has 1 saturated carbocycles. The zero-order chi connectivity index (χ0) is 19.9. The summed E-state index contributed by atoms with van der Waals surface area (Å²) in [6.45, 7) is -0.410. The fraction of sp³-hybridized carbons (Fsp3) is 0.556. The number of nitrogens with one attached hydrogen (secondary N) is 1. The summed E-state index contributed by atoms with van der Waals surface area (Å²) in [5, 5.41) is 4.55. The van der Waals surface area contributed by atoms with Crippen molar-refractivity contribution in [3.8, 4) is 5.75 Å². The number of methoxy groups -OCH3 is 1. The highest BCUT2D eigenvalue weighted by Gasteiger charge is 2.24. The molecule has 9 heteroatoms. The lowest BCUT2D eigenvalue weighted by Crippen LogP contribution is -2.39. The van der Waals surface area contributed by atoms with Gasteiger partial charge in [-0.25, -0.2) is 13.8 Å². The van der Waals surface area contributed by atoms with Crippen LogP contribution >= 0.6 is 11.6 Å². The molecule has 0 bridgehead atoms. The number of hydrazone groups is 1. The van der Waals surface area contributed by atoms with Gasteiger partial charge in [0.25, 0.3) is 5.91 Å². The predicted molar refractivity (Wildman–Crippen MR) is 108 cm³/mol. The maximum atomic E-state index is 12.4. The Labute approximate surface area is 165 Å². The van der Waals surface area contributed by atoms with Crippen LogP contribution in [0.2, 0.25) is 5.02 Å². The standard InChI is InChI=1S/C18H26ClN3O4S/c1-26-17-11-10-14(19)12-16(17)22(27(2,24)25)13-18(23)21-20-15-8-6-4-3-5-7-9-15/h10-12H,3-9,13H2,1-2H3,(H,21,23). The molecule has 1 amide bonds. The maximum absolute atomic E-state index is 12.4. The van der Waals surface area contributed by atoms with Crippen LogP contribution in [0.4, 0.5) is 5.69 Å². The Bertz CT molecular complexity index is 786. The van der Waals surface area contributed by atoms with E-state index in [0.717, 1.165) is 42.0 Å². The number of carbonyl (C=O) groups is 1. The van der Waals surface area contributed by atoms with Crippen molar-refractivity contribution in [3.63, 3.8) is 0 Å². The molecule has 1 N–H and O–H groups in total. The minimum atomic E-state index is -3.73. The second kappa shape index (κ2) is 9.94. The lowest BCUT2D eigenvalue weighted by Gasteiger charge is -2.23. The van der Waals surface area contributed by atoms with Crippen molar-refractivity contribution >= 4 is 38.9 Å². The third-order valence-electron chi connectivity index (χ3n) is 4.37. The van der Waals surface area contributed by atoms with E-state index in [1.807, 2.05) is 0 Å². The molecule has 0 saturated heterocycles. The fourth-order valence-electron chi connectivity index (χ4n) is 2.97. The normalized spacial score (nSPS) is 15.4. The van der Waals surface area contributed by atoms with E-state index in [9.17, 15) is 13.2 Å². The molecule has 1 fully saturated rings. The third-order valence-corrected chi connectivity index (χ3v) is 5.73. The zero-order valence-electron chi connectivity index (χ0n) is 15.7. The van der Waals surface area contributed by atoms with Crippen molar-refractivity contribution < 1.29 is 17.9 Å². The van der Waals surface area contributed by atoms with Gasteiger partial charge < -0.3 is 4.74 Å². The van der Waals surface area contributed by atoms with Crippen LogP contribution in [0.25, 0.3) is 0 Å². The summed E-state index contributed by atoms with van der Waals surface area (Å²) in [6.07, 6.45) is 8.45. The number of nitrogens with zero attached hydrogens (tertiary/aromatic N) is 2. The molecular formula is C18H26ClN3O4S. The Morgan fingerprint density at radius 1 is 1.22 bits per heavy atom. The number of sulfonamides is 1. The number of benzene rings is 1. The van der Waals surface area contributed by atoms with Crippen LogP contribution in [0.15, 0.2) is 23.3 Å². The summed E-state index contributed by atoms with van der Waals surface area (Å²) in [6, 6.07) is 4.60. The number of carbonyl (C=O) groups excluding carboxylic acids is 1. The van der Waals surface area contributed by atoms with E-state index >= 15 is 0 Å². The monoisotopic (exact) mass is 415 g/mol. The van der Waals surface area contributed by atoms with Gasteiger partial charge in [0, 0.05) is 10.7 Å². The van der Waals surface area contributed by atoms with Gasteiger partial charge in [0.05, 0.1) is 19.1 Å². The molecule has 0 unspecified atom stereocenters. The Morgan fingerprint density at radius 3 is 2.44 bits per heavy atom. The quantitative estimate of drug-likeness (QED) is 0.721. The van der Waals surface area contributed by atoms with Crippen molar-refractivity contribution in [2.75, 3.05) is 24.2 Å². The molecule has 0 spiro atoms. The number of halogens is 1. The smallest absolute Gasteiger partial charge is 0.260 e. The molecule has 2 rings (SSSR count). The largest absolute Gasteiger partial charge is 0.495 e. The number of hydrogen-bond donors (Lipinski definition) is 1. The van der Waals surface area contributed by atoms with Gasteiger partial charge in [-0.3, -0.25) is 9.10 Å². The van der Waals surface area contributed by atoms with Crippen LogP contribution in [0.1, 0.15) is 44.9 Å². The van der Waals surface area contributed by atoms with E-state index in [1.165, 1.54) is 32.4 Å². The van der Waals surface area contributed by atoms with Crippen LogP contribution in [-0.4, -0.2) is 39.9 Å². The van der Waals surface area contributed by atoms with Crippen molar-refractivity contribution in [1.82, 2.24) is 5.43 Å². The van der Waals surface area contributed by atoms with E-state index in [4.69, 9.17) is 16.3 Å². The topological polar surface area (TPSA) is 88.1 Å². The average molecular weight is 416 g/mol. The first kappa shape index (κ1) is 21.5.